The molecule has 0 amide bonds. The number of aliphatic hydroxyl groups excluding tert-OH is 1. The highest BCUT2D eigenvalue weighted by Crippen LogP contribution is 2.26. The van der Waals surface area contributed by atoms with Gasteiger partial charge < -0.3 is 15.7 Å². The Balaban J connectivity index is 2.08. The fourth-order valence-corrected chi connectivity index (χ4v) is 2.53. The van der Waals surface area contributed by atoms with Crippen LogP contribution in [0.4, 0.5) is 5.13 Å². The van der Waals surface area contributed by atoms with E-state index in [1.165, 1.54) is 12.8 Å². The monoisotopic (exact) mass is 213 g/mol. The van der Waals surface area contributed by atoms with Gasteiger partial charge in [-0.1, -0.05) is 0 Å². The maximum absolute atomic E-state index is 9.49. The van der Waals surface area contributed by atoms with Crippen molar-refractivity contribution in [1.82, 2.24) is 4.98 Å². The Bertz CT molecular complexity index is 296. The van der Waals surface area contributed by atoms with Crippen molar-refractivity contribution in [2.45, 2.75) is 18.9 Å². The Morgan fingerprint density at radius 2 is 2.29 bits per heavy atom. The van der Waals surface area contributed by atoms with E-state index in [0.717, 1.165) is 18.2 Å². The highest BCUT2D eigenvalue weighted by atomic mass is 32.1. The number of anilines is 1. The molecule has 14 heavy (non-hydrogen) atoms. The number of hydrogen-bond acceptors (Lipinski definition) is 5. The zero-order valence-corrected chi connectivity index (χ0v) is 8.83. The quantitative estimate of drug-likeness (QED) is 0.777. The van der Waals surface area contributed by atoms with Crippen LogP contribution in [0.3, 0.4) is 0 Å². The fourth-order valence-electron chi connectivity index (χ4n) is 1.60. The third kappa shape index (κ3) is 1.89. The number of aliphatic hydroxyl groups is 1. The third-order valence-electron chi connectivity index (χ3n) is 2.45. The molecule has 0 aromatic carbocycles. The van der Waals surface area contributed by atoms with Crippen LogP contribution in [0.25, 0.3) is 0 Å². The zero-order valence-electron chi connectivity index (χ0n) is 8.02. The highest BCUT2D eigenvalue weighted by Gasteiger charge is 2.17. The first-order valence-electron chi connectivity index (χ1n) is 4.90. The number of rotatable bonds is 3. The minimum absolute atomic E-state index is 0.239. The van der Waals surface area contributed by atoms with Crippen LogP contribution in [0.15, 0.2) is 5.38 Å². The summed E-state index contributed by atoms with van der Waals surface area (Å²) in [5, 5.41) is 12.4. The van der Waals surface area contributed by atoms with E-state index in [4.69, 9.17) is 5.73 Å². The van der Waals surface area contributed by atoms with Crippen molar-refractivity contribution in [2.24, 2.45) is 5.73 Å². The van der Waals surface area contributed by atoms with Crippen molar-refractivity contribution in [3.05, 3.63) is 11.1 Å². The van der Waals surface area contributed by atoms with Crippen molar-refractivity contribution >= 4 is 16.5 Å². The number of nitrogens with zero attached hydrogens (tertiary/aromatic N) is 2. The average molecular weight is 213 g/mol. The maximum Gasteiger partial charge on any atom is 0.185 e. The van der Waals surface area contributed by atoms with Gasteiger partial charge in [-0.2, -0.15) is 0 Å². The van der Waals surface area contributed by atoms with E-state index < -0.39 is 6.10 Å². The van der Waals surface area contributed by atoms with E-state index in [1.54, 1.807) is 11.3 Å². The molecule has 2 heterocycles. The molecule has 5 heteroatoms. The molecule has 0 radical (unpaired) electrons. The zero-order chi connectivity index (χ0) is 9.97. The summed E-state index contributed by atoms with van der Waals surface area (Å²) < 4.78 is 0. The third-order valence-corrected chi connectivity index (χ3v) is 3.37. The normalized spacial score (nSPS) is 18.9. The van der Waals surface area contributed by atoms with Gasteiger partial charge >= 0.3 is 0 Å². The van der Waals surface area contributed by atoms with Crippen molar-refractivity contribution in [3.63, 3.8) is 0 Å². The smallest absolute Gasteiger partial charge is 0.185 e. The molecule has 0 bridgehead atoms. The van der Waals surface area contributed by atoms with Crippen molar-refractivity contribution in [2.75, 3.05) is 24.5 Å². The SMILES string of the molecule is NCC(O)c1csc(N2CCCC2)n1. The largest absolute Gasteiger partial charge is 0.385 e. The van der Waals surface area contributed by atoms with Crippen molar-refractivity contribution in [1.29, 1.82) is 0 Å². The lowest BCUT2D eigenvalue weighted by atomic mass is 10.3. The molecule has 2 rings (SSSR count). The number of aromatic nitrogens is 1. The molecular formula is C9H15N3OS. The van der Waals surface area contributed by atoms with Crippen LogP contribution in [-0.4, -0.2) is 29.7 Å². The molecule has 4 nitrogen and oxygen atoms in total. The molecule has 1 aromatic rings. The Labute approximate surface area is 87.4 Å². The molecular weight excluding hydrogens is 198 g/mol. The van der Waals surface area contributed by atoms with Crippen LogP contribution < -0.4 is 10.6 Å². The minimum atomic E-state index is -0.609. The summed E-state index contributed by atoms with van der Waals surface area (Å²) >= 11 is 1.59. The first-order valence-corrected chi connectivity index (χ1v) is 5.77. The molecule has 1 unspecified atom stereocenters. The molecule has 0 saturated carbocycles. The Kier molecular flexibility index (Phi) is 3.00. The number of thiazole rings is 1. The predicted octanol–water partition coefficient (Wildman–Crippen LogP) is 0.735. The Morgan fingerprint density at radius 3 is 2.93 bits per heavy atom. The Hall–Kier alpha value is -0.650. The summed E-state index contributed by atoms with van der Waals surface area (Å²) in [5.41, 5.74) is 6.08. The van der Waals surface area contributed by atoms with Gasteiger partial charge in [0, 0.05) is 25.0 Å². The summed E-state index contributed by atoms with van der Waals surface area (Å²) in [5.74, 6) is 0. The van der Waals surface area contributed by atoms with E-state index in [-0.39, 0.29) is 6.54 Å². The van der Waals surface area contributed by atoms with Gasteiger partial charge in [-0.25, -0.2) is 4.98 Å². The molecule has 1 atom stereocenters. The van der Waals surface area contributed by atoms with E-state index in [2.05, 4.69) is 9.88 Å². The second kappa shape index (κ2) is 4.25. The van der Waals surface area contributed by atoms with Gasteiger partial charge in [0.15, 0.2) is 5.13 Å². The number of hydrogen-bond donors (Lipinski definition) is 2. The van der Waals surface area contributed by atoms with Gasteiger partial charge in [-0.3, -0.25) is 0 Å². The molecule has 3 N–H and O–H groups in total. The lowest BCUT2D eigenvalue weighted by Gasteiger charge is -2.12. The van der Waals surface area contributed by atoms with Gasteiger partial charge in [0.2, 0.25) is 0 Å². The van der Waals surface area contributed by atoms with Gasteiger partial charge in [-0.05, 0) is 12.8 Å². The van der Waals surface area contributed by atoms with E-state index >= 15 is 0 Å². The molecule has 78 valence electrons. The van der Waals surface area contributed by atoms with E-state index in [9.17, 15) is 5.11 Å². The van der Waals surface area contributed by atoms with Gasteiger partial charge in [-0.15, -0.1) is 11.3 Å². The summed E-state index contributed by atoms with van der Waals surface area (Å²) in [4.78, 5) is 6.64. The van der Waals surface area contributed by atoms with Crippen LogP contribution in [0, 0.1) is 0 Å². The summed E-state index contributed by atoms with van der Waals surface area (Å²) in [6.45, 7) is 2.42. The molecule has 0 spiro atoms. The van der Waals surface area contributed by atoms with Gasteiger partial charge in [0.1, 0.15) is 6.10 Å². The summed E-state index contributed by atoms with van der Waals surface area (Å²) in [6.07, 6.45) is 1.88. The van der Waals surface area contributed by atoms with Gasteiger partial charge in [0.05, 0.1) is 5.69 Å². The second-order valence-electron chi connectivity index (χ2n) is 3.50. The van der Waals surface area contributed by atoms with Crippen LogP contribution in [-0.2, 0) is 0 Å². The van der Waals surface area contributed by atoms with Crippen molar-refractivity contribution in [3.8, 4) is 0 Å². The summed E-state index contributed by atoms with van der Waals surface area (Å²) in [6, 6.07) is 0. The van der Waals surface area contributed by atoms with Crippen LogP contribution >= 0.6 is 11.3 Å². The topological polar surface area (TPSA) is 62.4 Å². The average Bonchev–Trinajstić information content (AvgIpc) is 2.86. The first-order chi connectivity index (χ1) is 6.81. The molecule has 1 saturated heterocycles. The van der Waals surface area contributed by atoms with Crippen LogP contribution in [0.1, 0.15) is 24.6 Å². The standard InChI is InChI=1S/C9H15N3OS/c10-5-8(13)7-6-14-9(11-7)12-3-1-2-4-12/h6,8,13H,1-5,10H2. The molecule has 0 aliphatic carbocycles. The fraction of sp³-hybridized carbons (Fsp3) is 0.667. The molecule has 1 aliphatic heterocycles. The minimum Gasteiger partial charge on any atom is -0.385 e. The lowest BCUT2D eigenvalue weighted by Crippen LogP contribution is -2.18. The molecule has 1 aromatic heterocycles. The van der Waals surface area contributed by atoms with E-state index in [0.29, 0.717) is 5.69 Å². The lowest BCUT2D eigenvalue weighted by molar-refractivity contribution is 0.182. The van der Waals surface area contributed by atoms with E-state index in [1.807, 2.05) is 5.38 Å². The first kappa shape index (κ1) is 9.89. The molecule has 1 fully saturated rings. The Morgan fingerprint density at radius 1 is 1.57 bits per heavy atom. The highest BCUT2D eigenvalue weighted by molar-refractivity contribution is 7.13. The van der Waals surface area contributed by atoms with Crippen LogP contribution in [0.5, 0.6) is 0 Å². The number of nitrogens with two attached hydrogens (primary N) is 1. The second-order valence-corrected chi connectivity index (χ2v) is 4.34. The molecule has 1 aliphatic rings. The predicted molar refractivity (Wildman–Crippen MR) is 57.6 cm³/mol. The van der Waals surface area contributed by atoms with Crippen LogP contribution in [0.2, 0.25) is 0 Å². The van der Waals surface area contributed by atoms with Crippen molar-refractivity contribution < 1.29 is 5.11 Å². The maximum atomic E-state index is 9.49. The van der Waals surface area contributed by atoms with Gasteiger partial charge in [0.25, 0.3) is 0 Å². The summed E-state index contributed by atoms with van der Waals surface area (Å²) in [7, 11) is 0.